The third-order valence-electron chi connectivity index (χ3n) is 4.30. The predicted molar refractivity (Wildman–Crippen MR) is 125 cm³/mol. The third-order valence-corrected chi connectivity index (χ3v) is 5.06. The number of rotatable bonds is 11. The molecule has 0 radical (unpaired) electrons. The van der Waals surface area contributed by atoms with Crippen molar-refractivity contribution < 1.29 is 59.3 Å². The number of carboxylic acid groups (broad SMARTS) is 3. The average Bonchev–Trinajstić information content (AvgIpc) is 2.76. The standard InChI is InChI=1S/2C7H12ClNO2.C7H11NO2.Na/c2*1-5(4-8)2-3-6(9)7(10)11;1-5-2-3-6(7(9)10)8-4-5;/h2*6H,1-4,9H2,(H,10,11);6,8H,1-4H2,(H,9,10);/q;;;+1/p-1/t3*6-;/m000./s1. The van der Waals surface area contributed by atoms with Gasteiger partial charge in [-0.15, -0.1) is 23.2 Å². The van der Waals surface area contributed by atoms with Crippen molar-refractivity contribution in [2.24, 2.45) is 11.5 Å². The second kappa shape index (κ2) is 21.6. The van der Waals surface area contributed by atoms with Crippen molar-refractivity contribution in [2.45, 2.75) is 56.7 Å². The first-order valence-corrected chi connectivity index (χ1v) is 10.9. The second-order valence-electron chi connectivity index (χ2n) is 7.28. The summed E-state index contributed by atoms with van der Waals surface area (Å²) in [5.41, 5.74) is 13.2. The Bertz CT molecular complexity index is 618. The van der Waals surface area contributed by atoms with Crippen LogP contribution in [0.4, 0.5) is 0 Å². The Morgan fingerprint density at radius 2 is 1.42 bits per heavy atom. The van der Waals surface area contributed by atoms with E-state index in [0.717, 1.165) is 23.1 Å². The molecule has 3 atom stereocenters. The quantitative estimate of drug-likeness (QED) is 0.117. The maximum atomic E-state index is 10.3. The molecule has 0 aromatic carbocycles. The molecule has 0 amide bonds. The van der Waals surface area contributed by atoms with E-state index >= 15 is 0 Å². The molecule has 0 aromatic rings. The Balaban J connectivity index is -0.000000403. The minimum Gasteiger partial charge on any atom is -0.548 e. The molecule has 1 aliphatic rings. The molecule has 1 fully saturated rings. The molecule has 184 valence electrons. The number of nitrogens with one attached hydrogen (secondary N) is 1. The Labute approximate surface area is 227 Å². The number of halogens is 2. The van der Waals surface area contributed by atoms with Gasteiger partial charge in [0, 0.05) is 24.3 Å². The summed E-state index contributed by atoms with van der Waals surface area (Å²) >= 11 is 10.9. The Morgan fingerprint density at radius 3 is 1.67 bits per heavy atom. The summed E-state index contributed by atoms with van der Waals surface area (Å²) in [6.07, 6.45) is 3.38. The molecule has 1 aliphatic heterocycles. The number of hydrogen-bond acceptors (Lipinski definition) is 7. The molecule has 7 N–H and O–H groups in total. The molecule has 0 bridgehead atoms. The Kier molecular flexibility index (Phi) is 24.0. The van der Waals surface area contributed by atoms with Crippen LogP contribution in [-0.4, -0.2) is 64.6 Å². The zero-order valence-electron chi connectivity index (χ0n) is 19.2. The Hall–Kier alpha value is -0.910. The fourth-order valence-corrected chi connectivity index (χ4v) is 2.37. The van der Waals surface area contributed by atoms with Crippen LogP contribution in [0.3, 0.4) is 0 Å². The normalized spacial score (nSPS) is 16.4. The van der Waals surface area contributed by atoms with Gasteiger partial charge in [-0.3, -0.25) is 9.59 Å². The van der Waals surface area contributed by atoms with E-state index in [0.29, 0.717) is 50.4 Å². The van der Waals surface area contributed by atoms with Crippen molar-refractivity contribution in [1.82, 2.24) is 5.32 Å². The zero-order valence-corrected chi connectivity index (χ0v) is 22.7. The first-order valence-electron chi connectivity index (χ1n) is 9.88. The molecule has 1 heterocycles. The van der Waals surface area contributed by atoms with E-state index in [1.807, 2.05) is 0 Å². The molecule has 33 heavy (non-hydrogen) atoms. The van der Waals surface area contributed by atoms with Gasteiger partial charge in [0.15, 0.2) is 0 Å². The average molecular weight is 518 g/mol. The minimum atomic E-state index is -1.01. The number of piperidine rings is 1. The molecule has 0 unspecified atom stereocenters. The van der Waals surface area contributed by atoms with Crippen LogP contribution in [0.15, 0.2) is 36.5 Å². The molecular formula is C21H34Cl2N3NaO6. The monoisotopic (exact) mass is 517 g/mol. The summed E-state index contributed by atoms with van der Waals surface area (Å²) in [6, 6.07) is -2.06. The van der Waals surface area contributed by atoms with Crippen LogP contribution in [0.2, 0.25) is 0 Å². The van der Waals surface area contributed by atoms with Gasteiger partial charge in [0.1, 0.15) is 12.1 Å². The van der Waals surface area contributed by atoms with Gasteiger partial charge in [0.2, 0.25) is 0 Å². The van der Waals surface area contributed by atoms with Crippen molar-refractivity contribution >= 4 is 41.1 Å². The van der Waals surface area contributed by atoms with Gasteiger partial charge in [0.25, 0.3) is 0 Å². The SMILES string of the molecule is C=C(CCl)CC[C@H](N)C(=O)O.C=C(CCl)CC[C@H](N)C(=O)O.C=C1CC[C@@H](C(=O)[O-])NC1.[Na+]. The van der Waals surface area contributed by atoms with Crippen LogP contribution in [0.25, 0.3) is 0 Å². The van der Waals surface area contributed by atoms with Crippen LogP contribution < -0.4 is 51.4 Å². The molecule has 12 heteroatoms. The summed E-state index contributed by atoms with van der Waals surface area (Å²) in [5.74, 6) is -2.23. The van der Waals surface area contributed by atoms with Gasteiger partial charge in [-0.1, -0.05) is 36.5 Å². The zero-order chi connectivity index (χ0) is 25.3. The van der Waals surface area contributed by atoms with Gasteiger partial charge in [-0.2, -0.15) is 0 Å². The number of allylic oxidation sites excluding steroid dienone is 2. The molecule has 9 nitrogen and oxygen atoms in total. The van der Waals surface area contributed by atoms with Crippen LogP contribution in [0.1, 0.15) is 38.5 Å². The summed E-state index contributed by atoms with van der Waals surface area (Å²) in [4.78, 5) is 30.7. The van der Waals surface area contributed by atoms with E-state index in [4.69, 9.17) is 44.9 Å². The van der Waals surface area contributed by atoms with E-state index in [-0.39, 0.29) is 29.6 Å². The number of nitrogens with two attached hydrogens (primary N) is 2. The molecule has 0 saturated carbocycles. The molecule has 0 aliphatic carbocycles. The van der Waals surface area contributed by atoms with E-state index in [1.54, 1.807) is 0 Å². The van der Waals surface area contributed by atoms with Crippen molar-refractivity contribution in [3.05, 3.63) is 36.5 Å². The molecular weight excluding hydrogens is 484 g/mol. The van der Waals surface area contributed by atoms with E-state index < -0.39 is 36.0 Å². The van der Waals surface area contributed by atoms with Crippen molar-refractivity contribution in [1.29, 1.82) is 0 Å². The maximum Gasteiger partial charge on any atom is 1.00 e. The number of carbonyl (C=O) groups is 3. The van der Waals surface area contributed by atoms with Gasteiger partial charge < -0.3 is 36.9 Å². The van der Waals surface area contributed by atoms with Crippen LogP contribution in [0.5, 0.6) is 0 Å². The largest absolute Gasteiger partial charge is 1.00 e. The number of carbonyl (C=O) groups excluding carboxylic acids is 1. The number of hydrogen-bond donors (Lipinski definition) is 5. The molecule has 0 spiro atoms. The molecule has 1 rings (SSSR count). The van der Waals surface area contributed by atoms with Crippen LogP contribution in [-0.2, 0) is 14.4 Å². The summed E-state index contributed by atoms with van der Waals surface area (Å²) in [5, 5.41) is 29.8. The van der Waals surface area contributed by atoms with Crippen molar-refractivity contribution in [2.75, 3.05) is 18.3 Å². The van der Waals surface area contributed by atoms with Crippen LogP contribution in [0, 0.1) is 0 Å². The predicted octanol–water partition coefficient (Wildman–Crippen LogP) is -2.00. The van der Waals surface area contributed by atoms with Crippen molar-refractivity contribution in [3.8, 4) is 0 Å². The topological polar surface area (TPSA) is 179 Å². The van der Waals surface area contributed by atoms with Gasteiger partial charge in [0.05, 0.1) is 5.97 Å². The summed E-state index contributed by atoms with van der Waals surface area (Å²) in [7, 11) is 0. The van der Waals surface area contributed by atoms with Gasteiger partial charge in [-0.05, 0) is 38.5 Å². The van der Waals surface area contributed by atoms with E-state index in [2.05, 4.69) is 25.1 Å². The second-order valence-corrected chi connectivity index (χ2v) is 7.81. The van der Waals surface area contributed by atoms with Crippen molar-refractivity contribution in [3.63, 3.8) is 0 Å². The fraction of sp³-hybridized carbons (Fsp3) is 0.571. The van der Waals surface area contributed by atoms with E-state index in [1.165, 1.54) is 0 Å². The number of alkyl halides is 2. The first-order chi connectivity index (χ1) is 14.8. The first kappa shape index (κ1) is 36.7. The Morgan fingerprint density at radius 1 is 1.03 bits per heavy atom. The van der Waals surface area contributed by atoms with Gasteiger partial charge in [-0.25, -0.2) is 0 Å². The third kappa shape index (κ3) is 21.4. The summed E-state index contributed by atoms with van der Waals surface area (Å²) < 4.78 is 0. The van der Waals surface area contributed by atoms with E-state index in [9.17, 15) is 19.5 Å². The number of carboxylic acids is 3. The van der Waals surface area contributed by atoms with Gasteiger partial charge >= 0.3 is 41.5 Å². The molecule has 0 aromatic heterocycles. The summed E-state index contributed by atoms with van der Waals surface area (Å²) in [6.45, 7) is 11.6. The minimum absolute atomic E-state index is 0. The number of aliphatic carboxylic acids is 3. The smallest absolute Gasteiger partial charge is 0.548 e. The molecule has 1 saturated heterocycles. The fourth-order valence-electron chi connectivity index (χ4n) is 2.11. The maximum absolute atomic E-state index is 10.3. The van der Waals surface area contributed by atoms with Crippen LogP contribution >= 0.6 is 23.2 Å².